The van der Waals surface area contributed by atoms with Crippen LogP contribution in [-0.4, -0.2) is 47.7 Å². The number of benzene rings is 3. The molecule has 7 heteroatoms. The van der Waals surface area contributed by atoms with Crippen molar-refractivity contribution in [3.8, 4) is 28.7 Å². The minimum atomic E-state index is -0.963. The number of unbranched alkanes of at least 4 members (excludes halogenated alkanes) is 1. The predicted molar refractivity (Wildman–Crippen MR) is 139 cm³/mol. The summed E-state index contributed by atoms with van der Waals surface area (Å²) < 4.78 is 11.8. The fourth-order valence-corrected chi connectivity index (χ4v) is 4.57. The first-order valence-corrected chi connectivity index (χ1v) is 12.5. The van der Waals surface area contributed by atoms with E-state index < -0.39 is 11.9 Å². The second-order valence-corrected chi connectivity index (χ2v) is 9.11. The average Bonchev–Trinajstić information content (AvgIpc) is 3.21. The lowest BCUT2D eigenvalue weighted by Gasteiger charge is -2.25. The number of carbonyl (C=O) groups excluding carboxylic acids is 1. The lowest BCUT2D eigenvalue weighted by atomic mass is 10.0. The lowest BCUT2D eigenvalue weighted by molar-refractivity contribution is -0.142. The smallest absolute Gasteiger partial charge is 0.304 e. The summed E-state index contributed by atoms with van der Waals surface area (Å²) in [6.07, 6.45) is 1.85. The van der Waals surface area contributed by atoms with Gasteiger partial charge in [-0.2, -0.15) is 5.26 Å². The summed E-state index contributed by atoms with van der Waals surface area (Å²) in [5.41, 5.74) is 2.63. The van der Waals surface area contributed by atoms with Crippen LogP contribution in [0.1, 0.15) is 31.2 Å². The number of aliphatic carboxylic acids is 1. The zero-order chi connectivity index (χ0) is 26.0. The summed E-state index contributed by atoms with van der Waals surface area (Å²) in [6, 6.07) is 26.6. The molecule has 1 aliphatic rings. The van der Waals surface area contributed by atoms with Gasteiger partial charge in [0, 0.05) is 6.54 Å². The van der Waals surface area contributed by atoms with Crippen molar-refractivity contribution < 1.29 is 24.2 Å². The lowest BCUT2D eigenvalue weighted by Crippen LogP contribution is -2.38. The normalized spacial score (nSPS) is 16.8. The van der Waals surface area contributed by atoms with Crippen molar-refractivity contribution in [3.05, 3.63) is 84.4 Å². The number of hydrogen-bond acceptors (Lipinski definition) is 5. The van der Waals surface area contributed by atoms with Gasteiger partial charge >= 0.3 is 5.97 Å². The minimum absolute atomic E-state index is 0.115. The number of amides is 1. The second kappa shape index (κ2) is 12.6. The van der Waals surface area contributed by atoms with Crippen LogP contribution in [0.2, 0.25) is 0 Å². The number of nitriles is 1. The highest BCUT2D eigenvalue weighted by Gasteiger charge is 2.40. The van der Waals surface area contributed by atoms with E-state index in [-0.39, 0.29) is 18.4 Å². The van der Waals surface area contributed by atoms with Gasteiger partial charge in [0.25, 0.3) is 0 Å². The molecule has 7 nitrogen and oxygen atoms in total. The van der Waals surface area contributed by atoms with Crippen molar-refractivity contribution in [2.24, 2.45) is 5.92 Å². The second-order valence-electron chi connectivity index (χ2n) is 9.11. The summed E-state index contributed by atoms with van der Waals surface area (Å²) in [7, 11) is 0. The number of likely N-dealkylation sites (tertiary alicyclic amines) is 1. The van der Waals surface area contributed by atoms with E-state index in [0.29, 0.717) is 37.5 Å². The Hall–Kier alpha value is -4.31. The van der Waals surface area contributed by atoms with Gasteiger partial charge in [0.1, 0.15) is 18.1 Å². The number of carboxylic acids is 1. The van der Waals surface area contributed by atoms with Crippen molar-refractivity contribution in [1.82, 2.24) is 4.90 Å². The van der Waals surface area contributed by atoms with E-state index in [0.717, 1.165) is 29.7 Å². The molecule has 3 aromatic carbocycles. The third kappa shape index (κ3) is 7.11. The highest BCUT2D eigenvalue weighted by Crippen LogP contribution is 2.29. The number of hydrogen-bond donors (Lipinski definition) is 1. The largest absolute Gasteiger partial charge is 0.494 e. The molecule has 0 radical (unpaired) electrons. The van der Waals surface area contributed by atoms with Crippen LogP contribution < -0.4 is 9.47 Å². The number of carbonyl (C=O) groups is 2. The van der Waals surface area contributed by atoms with Gasteiger partial charge in [-0.1, -0.05) is 42.5 Å². The molecule has 4 rings (SSSR count). The van der Waals surface area contributed by atoms with E-state index in [2.05, 4.69) is 6.07 Å². The average molecular weight is 499 g/mol. The summed E-state index contributed by atoms with van der Waals surface area (Å²) in [4.78, 5) is 26.0. The Labute approximate surface area is 216 Å². The van der Waals surface area contributed by atoms with Crippen LogP contribution in [-0.2, 0) is 9.59 Å². The number of nitrogens with zero attached hydrogens (tertiary/aromatic N) is 2. The molecule has 1 amide bonds. The fourth-order valence-electron chi connectivity index (χ4n) is 4.57. The van der Waals surface area contributed by atoms with Crippen molar-refractivity contribution in [3.63, 3.8) is 0 Å². The molecule has 0 aliphatic carbocycles. The van der Waals surface area contributed by atoms with Gasteiger partial charge in [-0.15, -0.1) is 0 Å². The highest BCUT2D eigenvalue weighted by atomic mass is 16.5. The maximum atomic E-state index is 13.0. The molecule has 1 aliphatic heterocycles. The minimum Gasteiger partial charge on any atom is -0.494 e. The van der Waals surface area contributed by atoms with Crippen molar-refractivity contribution in [1.29, 1.82) is 5.26 Å². The molecule has 1 heterocycles. The van der Waals surface area contributed by atoms with Crippen molar-refractivity contribution in [2.75, 3.05) is 19.8 Å². The number of rotatable bonds is 12. The molecule has 2 atom stereocenters. The van der Waals surface area contributed by atoms with Gasteiger partial charge in [0.05, 0.1) is 36.6 Å². The number of ether oxygens (including phenoxy) is 2. The van der Waals surface area contributed by atoms with Gasteiger partial charge in [0.15, 0.2) is 0 Å². The number of para-hydroxylation sites is 1. The molecule has 1 fully saturated rings. The summed E-state index contributed by atoms with van der Waals surface area (Å²) in [6.45, 7) is 1.40. The molecule has 0 aromatic heterocycles. The Morgan fingerprint density at radius 1 is 0.919 bits per heavy atom. The zero-order valence-electron chi connectivity index (χ0n) is 20.6. The Kier molecular flexibility index (Phi) is 8.77. The van der Waals surface area contributed by atoms with Crippen LogP contribution in [0.15, 0.2) is 78.9 Å². The Morgan fingerprint density at radius 2 is 1.57 bits per heavy atom. The molecule has 190 valence electrons. The summed E-state index contributed by atoms with van der Waals surface area (Å²) >= 11 is 0. The topological polar surface area (TPSA) is 99.9 Å². The van der Waals surface area contributed by atoms with E-state index in [1.165, 1.54) is 0 Å². The van der Waals surface area contributed by atoms with Crippen LogP contribution >= 0.6 is 0 Å². The van der Waals surface area contributed by atoms with Crippen LogP contribution in [0.3, 0.4) is 0 Å². The SMILES string of the molecule is N#Cc1ccc(-c2ccc(OC[C@@H]3C[C@@H](CC(=O)O)C(=O)N3CCCCOc3ccccc3)cc2)cc1. The molecule has 3 aromatic rings. The highest BCUT2D eigenvalue weighted by molar-refractivity contribution is 5.85. The van der Waals surface area contributed by atoms with Crippen molar-refractivity contribution in [2.45, 2.75) is 31.7 Å². The van der Waals surface area contributed by atoms with E-state index in [4.69, 9.17) is 14.7 Å². The number of carboxylic acid groups (broad SMARTS) is 1. The first-order chi connectivity index (χ1) is 18.0. The van der Waals surface area contributed by atoms with Crippen LogP contribution in [0, 0.1) is 17.2 Å². The monoisotopic (exact) mass is 498 g/mol. The van der Waals surface area contributed by atoms with Crippen LogP contribution in [0.5, 0.6) is 11.5 Å². The Balaban J connectivity index is 1.31. The molecule has 1 saturated heterocycles. The standard InChI is InChI=1S/C30H30N2O5/c31-20-22-8-10-23(11-9-22)24-12-14-28(15-13-24)37-21-26-18-25(19-29(33)34)30(35)32(26)16-4-5-17-36-27-6-2-1-3-7-27/h1-3,6-15,25-26H,4-5,16-19,21H2,(H,33,34)/t25-,26-/m0/s1. The van der Waals surface area contributed by atoms with E-state index >= 15 is 0 Å². The first-order valence-electron chi connectivity index (χ1n) is 12.5. The summed E-state index contributed by atoms with van der Waals surface area (Å²) in [5, 5.41) is 18.2. The van der Waals surface area contributed by atoms with Gasteiger partial charge < -0.3 is 19.5 Å². The van der Waals surface area contributed by atoms with E-state index in [1.807, 2.05) is 66.7 Å². The van der Waals surface area contributed by atoms with Gasteiger partial charge in [-0.05, 0) is 66.8 Å². The molecule has 0 saturated carbocycles. The van der Waals surface area contributed by atoms with Gasteiger partial charge in [0.2, 0.25) is 5.91 Å². The van der Waals surface area contributed by atoms with Crippen molar-refractivity contribution >= 4 is 11.9 Å². The molecular weight excluding hydrogens is 468 g/mol. The van der Waals surface area contributed by atoms with Crippen LogP contribution in [0.25, 0.3) is 11.1 Å². The van der Waals surface area contributed by atoms with Gasteiger partial charge in [-0.3, -0.25) is 9.59 Å². The van der Waals surface area contributed by atoms with E-state index in [9.17, 15) is 14.7 Å². The molecule has 0 spiro atoms. The summed E-state index contributed by atoms with van der Waals surface area (Å²) in [5.74, 6) is -0.100. The maximum Gasteiger partial charge on any atom is 0.304 e. The third-order valence-corrected chi connectivity index (χ3v) is 6.50. The zero-order valence-corrected chi connectivity index (χ0v) is 20.6. The molecular formula is C30H30N2O5. The Morgan fingerprint density at radius 3 is 2.22 bits per heavy atom. The van der Waals surface area contributed by atoms with E-state index in [1.54, 1.807) is 17.0 Å². The first kappa shape index (κ1) is 25.8. The Bertz CT molecular complexity index is 1220. The maximum absolute atomic E-state index is 13.0. The molecule has 37 heavy (non-hydrogen) atoms. The van der Waals surface area contributed by atoms with Crippen LogP contribution in [0.4, 0.5) is 0 Å². The molecule has 0 bridgehead atoms. The molecule has 0 unspecified atom stereocenters. The third-order valence-electron chi connectivity index (χ3n) is 6.50. The predicted octanol–water partition coefficient (Wildman–Crippen LogP) is 5.16. The quantitative estimate of drug-likeness (QED) is 0.347. The fraction of sp³-hybridized carbons (Fsp3) is 0.300. The van der Waals surface area contributed by atoms with Gasteiger partial charge in [-0.25, -0.2) is 0 Å². The molecule has 1 N–H and O–H groups in total.